The van der Waals surface area contributed by atoms with Crippen molar-refractivity contribution in [1.29, 1.82) is 0 Å². The molecule has 1 heterocycles. The third kappa shape index (κ3) is 2.40. The van der Waals surface area contributed by atoms with Gasteiger partial charge in [0.1, 0.15) is 0 Å². The number of cyclic esters (lactones) is 1. The maximum atomic E-state index is 11.2. The van der Waals surface area contributed by atoms with Crippen LogP contribution in [0.1, 0.15) is 11.7 Å². The van der Waals surface area contributed by atoms with Gasteiger partial charge in [0, 0.05) is 0 Å². The Morgan fingerprint density at radius 1 is 1.32 bits per heavy atom. The number of benzene rings is 1. The first-order valence-electron chi connectivity index (χ1n) is 5.48. The summed E-state index contributed by atoms with van der Waals surface area (Å²) in [7, 11) is 2.96. The van der Waals surface area contributed by atoms with E-state index in [0.29, 0.717) is 17.1 Å². The lowest BCUT2D eigenvalue weighted by Gasteiger charge is -2.15. The molecule has 2 N–H and O–H groups in total. The van der Waals surface area contributed by atoms with E-state index in [-0.39, 0.29) is 0 Å². The van der Waals surface area contributed by atoms with Crippen molar-refractivity contribution < 1.29 is 28.9 Å². The fourth-order valence-corrected chi connectivity index (χ4v) is 1.90. The predicted octanol–water partition coefficient (Wildman–Crippen LogP) is 0.938. The van der Waals surface area contributed by atoms with Gasteiger partial charge in [-0.1, -0.05) is 6.07 Å². The molecule has 0 radical (unpaired) electrons. The molecule has 7 heteroatoms. The summed E-state index contributed by atoms with van der Waals surface area (Å²) in [6.07, 6.45) is -1.66. The zero-order valence-electron chi connectivity index (χ0n) is 10.4. The molecular weight excluding hydrogens is 254 g/mol. The molecule has 1 aromatic rings. The predicted molar refractivity (Wildman–Crippen MR) is 63.3 cm³/mol. The van der Waals surface area contributed by atoms with Gasteiger partial charge in [0.05, 0.1) is 14.2 Å². The molecule has 7 nitrogen and oxygen atoms in total. The lowest BCUT2D eigenvalue weighted by molar-refractivity contribution is -0.140. The number of alkyl carbamates (subject to hydrolysis) is 1. The molecule has 1 aliphatic rings. The number of amides is 1. The van der Waals surface area contributed by atoms with Crippen molar-refractivity contribution >= 4 is 12.1 Å². The summed E-state index contributed by atoms with van der Waals surface area (Å²) in [5, 5.41) is 11.3. The van der Waals surface area contributed by atoms with Crippen LogP contribution in [-0.4, -0.2) is 37.4 Å². The molecule has 0 spiro atoms. The van der Waals surface area contributed by atoms with Gasteiger partial charge in [0.25, 0.3) is 0 Å². The summed E-state index contributed by atoms with van der Waals surface area (Å²) in [6.45, 7) is 0. The highest BCUT2D eigenvalue weighted by Crippen LogP contribution is 2.34. The number of carbonyl (C=O) groups is 2. The monoisotopic (exact) mass is 267 g/mol. The number of methoxy groups -OCH3 is 2. The van der Waals surface area contributed by atoms with Gasteiger partial charge in [-0.2, -0.15) is 0 Å². The second-order valence-electron chi connectivity index (χ2n) is 3.90. The third-order valence-corrected chi connectivity index (χ3v) is 2.81. The van der Waals surface area contributed by atoms with Crippen LogP contribution in [0.2, 0.25) is 0 Å². The Morgan fingerprint density at radius 3 is 2.58 bits per heavy atom. The zero-order chi connectivity index (χ0) is 14.0. The van der Waals surface area contributed by atoms with Gasteiger partial charge < -0.3 is 24.6 Å². The van der Waals surface area contributed by atoms with Crippen LogP contribution in [0, 0.1) is 0 Å². The van der Waals surface area contributed by atoms with Crippen LogP contribution in [0.5, 0.6) is 11.5 Å². The molecule has 0 saturated carbocycles. The number of carbonyl (C=O) groups excluding carboxylic acids is 1. The van der Waals surface area contributed by atoms with Crippen molar-refractivity contribution in [3.05, 3.63) is 23.8 Å². The SMILES string of the molecule is COc1ccc(C2OC(=O)NC2C(=O)O)cc1OC. The van der Waals surface area contributed by atoms with Crippen molar-refractivity contribution in [2.75, 3.05) is 14.2 Å². The fourth-order valence-electron chi connectivity index (χ4n) is 1.90. The Balaban J connectivity index is 2.35. The van der Waals surface area contributed by atoms with Crippen molar-refractivity contribution in [3.8, 4) is 11.5 Å². The van der Waals surface area contributed by atoms with Gasteiger partial charge in [0.2, 0.25) is 0 Å². The highest BCUT2D eigenvalue weighted by Gasteiger charge is 2.40. The van der Waals surface area contributed by atoms with Crippen LogP contribution in [0.4, 0.5) is 4.79 Å². The van der Waals surface area contributed by atoms with Gasteiger partial charge in [-0.05, 0) is 17.7 Å². The van der Waals surface area contributed by atoms with E-state index in [1.54, 1.807) is 18.2 Å². The van der Waals surface area contributed by atoms with E-state index in [1.807, 2.05) is 0 Å². The molecule has 0 bridgehead atoms. The molecule has 1 aromatic carbocycles. The quantitative estimate of drug-likeness (QED) is 0.843. The minimum absolute atomic E-state index is 0.437. The van der Waals surface area contributed by atoms with Crippen LogP contribution >= 0.6 is 0 Å². The van der Waals surface area contributed by atoms with Gasteiger partial charge in [-0.15, -0.1) is 0 Å². The average Bonchev–Trinajstić information content (AvgIpc) is 2.80. The number of rotatable bonds is 4. The van der Waals surface area contributed by atoms with Crippen LogP contribution < -0.4 is 14.8 Å². The van der Waals surface area contributed by atoms with Crippen molar-refractivity contribution in [1.82, 2.24) is 5.32 Å². The summed E-state index contributed by atoms with van der Waals surface area (Å²) in [5.74, 6) is -0.215. The number of carboxylic acid groups (broad SMARTS) is 1. The maximum absolute atomic E-state index is 11.2. The van der Waals surface area contributed by atoms with Crippen LogP contribution in [0.25, 0.3) is 0 Å². The first-order chi connectivity index (χ1) is 9.06. The van der Waals surface area contributed by atoms with Gasteiger partial charge >= 0.3 is 12.1 Å². The van der Waals surface area contributed by atoms with E-state index in [1.165, 1.54) is 14.2 Å². The van der Waals surface area contributed by atoms with Crippen LogP contribution in [-0.2, 0) is 9.53 Å². The molecule has 102 valence electrons. The highest BCUT2D eigenvalue weighted by atomic mass is 16.6. The summed E-state index contributed by atoms with van der Waals surface area (Å²) in [5.41, 5.74) is 0.517. The smallest absolute Gasteiger partial charge is 0.408 e. The number of carboxylic acids is 1. The second kappa shape index (κ2) is 5.05. The zero-order valence-corrected chi connectivity index (χ0v) is 10.4. The molecular formula is C12H13NO6. The lowest BCUT2D eigenvalue weighted by Crippen LogP contribution is -2.35. The topological polar surface area (TPSA) is 94.1 Å². The Kier molecular flexibility index (Phi) is 3.46. The minimum Gasteiger partial charge on any atom is -0.493 e. The molecule has 2 atom stereocenters. The normalized spacial score (nSPS) is 21.5. The van der Waals surface area contributed by atoms with E-state index in [0.717, 1.165) is 0 Å². The summed E-state index contributed by atoms with van der Waals surface area (Å²) >= 11 is 0. The van der Waals surface area contributed by atoms with E-state index in [4.69, 9.17) is 19.3 Å². The Bertz CT molecular complexity index is 515. The molecule has 19 heavy (non-hydrogen) atoms. The molecule has 1 fully saturated rings. The molecule has 0 aliphatic carbocycles. The molecule has 2 rings (SSSR count). The maximum Gasteiger partial charge on any atom is 0.408 e. The summed E-state index contributed by atoms with van der Waals surface area (Å²) in [4.78, 5) is 22.2. The third-order valence-electron chi connectivity index (χ3n) is 2.81. The first kappa shape index (κ1) is 13.0. The van der Waals surface area contributed by atoms with Crippen molar-refractivity contribution in [3.63, 3.8) is 0 Å². The standard InChI is InChI=1S/C12H13NO6/c1-17-7-4-3-6(5-8(7)18-2)10-9(11(14)15)13-12(16)19-10/h3-5,9-10H,1-2H3,(H,13,16)(H,14,15). The largest absolute Gasteiger partial charge is 0.493 e. The fraction of sp³-hybridized carbons (Fsp3) is 0.333. The Hall–Kier alpha value is -2.44. The Morgan fingerprint density at radius 2 is 2.00 bits per heavy atom. The average molecular weight is 267 g/mol. The Labute approximate surface area is 109 Å². The molecule has 1 amide bonds. The number of hydrogen-bond acceptors (Lipinski definition) is 5. The minimum atomic E-state index is -1.16. The second-order valence-corrected chi connectivity index (χ2v) is 3.90. The summed E-state index contributed by atoms with van der Waals surface area (Å²) < 4.78 is 15.2. The van der Waals surface area contributed by atoms with Crippen LogP contribution in [0.15, 0.2) is 18.2 Å². The number of nitrogens with one attached hydrogen (secondary N) is 1. The first-order valence-corrected chi connectivity index (χ1v) is 5.48. The number of aliphatic carboxylic acids is 1. The molecule has 1 aliphatic heterocycles. The molecule has 1 saturated heterocycles. The summed E-state index contributed by atoms with van der Waals surface area (Å²) in [6, 6.07) is 3.71. The highest BCUT2D eigenvalue weighted by molar-refractivity contribution is 5.84. The lowest BCUT2D eigenvalue weighted by atomic mass is 10.0. The van der Waals surface area contributed by atoms with E-state index < -0.39 is 24.2 Å². The van der Waals surface area contributed by atoms with Crippen molar-refractivity contribution in [2.45, 2.75) is 12.1 Å². The van der Waals surface area contributed by atoms with Gasteiger partial charge in [-0.3, -0.25) is 0 Å². The van der Waals surface area contributed by atoms with E-state index in [9.17, 15) is 9.59 Å². The molecule has 0 aromatic heterocycles. The van der Waals surface area contributed by atoms with E-state index in [2.05, 4.69) is 5.32 Å². The number of ether oxygens (including phenoxy) is 3. The van der Waals surface area contributed by atoms with Gasteiger partial charge in [0.15, 0.2) is 23.6 Å². The van der Waals surface area contributed by atoms with Crippen LogP contribution in [0.3, 0.4) is 0 Å². The van der Waals surface area contributed by atoms with Crippen molar-refractivity contribution in [2.24, 2.45) is 0 Å². The number of hydrogen-bond donors (Lipinski definition) is 2. The van der Waals surface area contributed by atoms with Gasteiger partial charge in [-0.25, -0.2) is 9.59 Å². The molecule has 2 unspecified atom stereocenters. The van der Waals surface area contributed by atoms with E-state index >= 15 is 0 Å².